The van der Waals surface area contributed by atoms with Crippen LogP contribution in [0.5, 0.6) is 28.7 Å². The molecule has 6 heteroatoms. The van der Waals surface area contributed by atoms with E-state index in [4.69, 9.17) is 18.6 Å². The molecule has 0 radical (unpaired) electrons. The molecule has 0 atom stereocenters. The molecular formula is C22H19O6+. The monoisotopic (exact) mass is 379 g/mol. The van der Waals surface area contributed by atoms with Gasteiger partial charge in [-0.15, -0.1) is 0 Å². The Morgan fingerprint density at radius 3 is 1.61 bits per heavy atom. The molecule has 1 aromatic heterocycles. The standard InChI is InChI=1S/C22H18O6/c1-25-13-6-4-12(5-7-13)22-14-8-16(23)20(26-2)10-18(14)28-19-11-21(27-3)17(24)9-15(19)22/h4-11H,1-3H3,(H-,23,24)/p+1. The van der Waals surface area contributed by atoms with Crippen molar-refractivity contribution in [1.82, 2.24) is 0 Å². The fraction of sp³-hybridized carbons (Fsp3) is 0.136. The van der Waals surface area contributed by atoms with Gasteiger partial charge in [0, 0.05) is 17.7 Å². The van der Waals surface area contributed by atoms with Crippen molar-refractivity contribution >= 4 is 21.9 Å². The molecule has 0 aliphatic rings. The molecule has 3 aromatic carbocycles. The number of phenols is 2. The number of rotatable bonds is 4. The van der Waals surface area contributed by atoms with E-state index in [2.05, 4.69) is 0 Å². The third-order valence-corrected chi connectivity index (χ3v) is 4.70. The van der Waals surface area contributed by atoms with E-state index in [1.165, 1.54) is 14.2 Å². The van der Waals surface area contributed by atoms with Crippen LogP contribution in [0.3, 0.4) is 0 Å². The molecule has 0 spiro atoms. The van der Waals surface area contributed by atoms with Crippen LogP contribution in [0.25, 0.3) is 33.1 Å². The molecule has 0 bridgehead atoms. The maximum Gasteiger partial charge on any atom is 0.365 e. The Morgan fingerprint density at radius 2 is 1.18 bits per heavy atom. The minimum atomic E-state index is -0.00274. The summed E-state index contributed by atoms with van der Waals surface area (Å²) < 4.78 is 21.7. The minimum absolute atomic E-state index is 0.00274. The first-order chi connectivity index (χ1) is 13.5. The van der Waals surface area contributed by atoms with Crippen LogP contribution in [0.15, 0.2) is 52.9 Å². The molecule has 0 fully saturated rings. The first-order valence-electron chi connectivity index (χ1n) is 8.57. The van der Waals surface area contributed by atoms with Gasteiger partial charge in [0.15, 0.2) is 23.0 Å². The van der Waals surface area contributed by atoms with Crippen LogP contribution in [-0.2, 0) is 0 Å². The molecule has 6 nitrogen and oxygen atoms in total. The van der Waals surface area contributed by atoms with Crippen LogP contribution in [0, 0.1) is 0 Å². The topological polar surface area (TPSA) is 79.5 Å². The van der Waals surface area contributed by atoms with Gasteiger partial charge in [0.25, 0.3) is 0 Å². The van der Waals surface area contributed by atoms with Crippen LogP contribution in [-0.4, -0.2) is 31.5 Å². The SMILES string of the molecule is COc1ccc(-c2c3cc(O)c(OC)cc3[o+]c3cc(OC)c(O)cc23)cc1. The predicted molar refractivity (Wildman–Crippen MR) is 107 cm³/mol. The normalized spacial score (nSPS) is 11.0. The Morgan fingerprint density at radius 1 is 0.679 bits per heavy atom. The van der Waals surface area contributed by atoms with Crippen LogP contribution in [0.2, 0.25) is 0 Å². The quantitative estimate of drug-likeness (QED) is 0.385. The van der Waals surface area contributed by atoms with Crippen LogP contribution < -0.4 is 14.2 Å². The Hall–Kier alpha value is -3.67. The van der Waals surface area contributed by atoms with Gasteiger partial charge in [0.2, 0.25) is 0 Å². The minimum Gasteiger partial charge on any atom is -0.504 e. The first kappa shape index (κ1) is 17.7. The van der Waals surface area contributed by atoms with Crippen molar-refractivity contribution < 1.29 is 28.8 Å². The van der Waals surface area contributed by atoms with E-state index < -0.39 is 0 Å². The van der Waals surface area contributed by atoms with Crippen LogP contribution in [0.4, 0.5) is 0 Å². The first-order valence-corrected chi connectivity index (χ1v) is 8.57. The molecule has 0 amide bonds. The molecule has 28 heavy (non-hydrogen) atoms. The summed E-state index contributed by atoms with van der Waals surface area (Å²) in [6, 6.07) is 14.0. The molecule has 0 aliphatic carbocycles. The molecule has 1 heterocycles. The zero-order chi connectivity index (χ0) is 19.8. The molecule has 4 aromatic rings. The highest BCUT2D eigenvalue weighted by atomic mass is 16.5. The lowest BCUT2D eigenvalue weighted by atomic mass is 9.96. The number of hydrogen-bond donors (Lipinski definition) is 2. The highest BCUT2D eigenvalue weighted by molar-refractivity contribution is 6.09. The van der Waals surface area contributed by atoms with Gasteiger partial charge in [-0.2, -0.15) is 0 Å². The zero-order valence-electron chi connectivity index (χ0n) is 15.6. The average molecular weight is 379 g/mol. The van der Waals surface area contributed by atoms with E-state index >= 15 is 0 Å². The van der Waals surface area contributed by atoms with Gasteiger partial charge in [0.1, 0.15) is 5.75 Å². The fourth-order valence-electron chi connectivity index (χ4n) is 3.32. The summed E-state index contributed by atoms with van der Waals surface area (Å²) in [5, 5.41) is 22.0. The van der Waals surface area contributed by atoms with Crippen molar-refractivity contribution in [1.29, 1.82) is 0 Å². The Kier molecular flexibility index (Phi) is 4.31. The third-order valence-electron chi connectivity index (χ3n) is 4.70. The molecule has 2 N–H and O–H groups in total. The maximum absolute atomic E-state index is 10.3. The van der Waals surface area contributed by atoms with E-state index in [1.54, 1.807) is 31.4 Å². The predicted octanol–water partition coefficient (Wildman–Crippen LogP) is 4.97. The van der Waals surface area contributed by atoms with E-state index in [9.17, 15) is 10.2 Å². The highest BCUT2D eigenvalue weighted by Crippen LogP contribution is 2.43. The lowest BCUT2D eigenvalue weighted by Gasteiger charge is -2.10. The third kappa shape index (κ3) is 2.79. The maximum atomic E-state index is 10.3. The summed E-state index contributed by atoms with van der Waals surface area (Å²) in [7, 11) is 4.57. The number of benzene rings is 3. The largest absolute Gasteiger partial charge is 0.504 e. The summed E-state index contributed by atoms with van der Waals surface area (Å²) in [5.74, 6) is 1.34. The van der Waals surface area contributed by atoms with Gasteiger partial charge in [-0.25, -0.2) is 4.42 Å². The summed E-state index contributed by atoms with van der Waals surface area (Å²) in [4.78, 5) is 0. The molecule has 0 saturated heterocycles. The van der Waals surface area contributed by atoms with Crippen LogP contribution >= 0.6 is 0 Å². The second-order valence-corrected chi connectivity index (χ2v) is 6.25. The number of hydrogen-bond acceptors (Lipinski definition) is 5. The molecule has 0 saturated carbocycles. The fourth-order valence-corrected chi connectivity index (χ4v) is 3.32. The van der Waals surface area contributed by atoms with Crippen molar-refractivity contribution in [2.45, 2.75) is 0 Å². The second kappa shape index (κ2) is 6.81. The smallest absolute Gasteiger partial charge is 0.365 e. The van der Waals surface area contributed by atoms with Gasteiger partial charge >= 0.3 is 11.2 Å². The number of methoxy groups -OCH3 is 3. The van der Waals surface area contributed by atoms with E-state index in [1.807, 2.05) is 24.3 Å². The van der Waals surface area contributed by atoms with Crippen molar-refractivity contribution in [3.8, 4) is 39.9 Å². The number of fused-ring (bicyclic) bond motifs is 2. The second-order valence-electron chi connectivity index (χ2n) is 6.25. The zero-order valence-corrected chi connectivity index (χ0v) is 15.6. The Balaban J connectivity index is 2.14. The van der Waals surface area contributed by atoms with Crippen molar-refractivity contribution in [3.05, 3.63) is 48.5 Å². The summed E-state index contributed by atoms with van der Waals surface area (Å²) in [6.45, 7) is 0. The van der Waals surface area contributed by atoms with Crippen molar-refractivity contribution in [2.24, 2.45) is 0 Å². The van der Waals surface area contributed by atoms with Crippen molar-refractivity contribution in [2.75, 3.05) is 21.3 Å². The molecular weight excluding hydrogens is 360 g/mol. The molecule has 0 aliphatic heterocycles. The summed E-state index contributed by atoms with van der Waals surface area (Å²) >= 11 is 0. The molecule has 142 valence electrons. The Bertz CT molecular complexity index is 1110. The van der Waals surface area contributed by atoms with Crippen LogP contribution in [0.1, 0.15) is 0 Å². The van der Waals surface area contributed by atoms with Gasteiger partial charge < -0.3 is 24.4 Å². The van der Waals surface area contributed by atoms with E-state index in [0.717, 1.165) is 16.9 Å². The molecule has 4 rings (SSSR count). The molecule has 0 unspecified atom stereocenters. The lowest BCUT2D eigenvalue weighted by molar-refractivity contribution is 0.372. The Labute approximate surface area is 161 Å². The lowest BCUT2D eigenvalue weighted by Crippen LogP contribution is -1.91. The van der Waals surface area contributed by atoms with Gasteiger partial charge in [-0.05, 0) is 17.7 Å². The van der Waals surface area contributed by atoms with E-state index in [0.29, 0.717) is 33.4 Å². The van der Waals surface area contributed by atoms with Crippen molar-refractivity contribution in [3.63, 3.8) is 0 Å². The summed E-state index contributed by atoms with van der Waals surface area (Å²) in [5.41, 5.74) is 2.73. The van der Waals surface area contributed by atoms with Gasteiger partial charge in [-0.3, -0.25) is 0 Å². The summed E-state index contributed by atoms with van der Waals surface area (Å²) in [6.07, 6.45) is 0. The number of aromatic hydroxyl groups is 2. The number of phenolic OH excluding ortho intramolecular Hbond substituents is 2. The van der Waals surface area contributed by atoms with Gasteiger partial charge in [0.05, 0.1) is 44.2 Å². The average Bonchev–Trinajstić information content (AvgIpc) is 2.71. The highest BCUT2D eigenvalue weighted by Gasteiger charge is 2.24. The number of ether oxygens (including phenoxy) is 3. The van der Waals surface area contributed by atoms with Gasteiger partial charge in [-0.1, -0.05) is 12.1 Å². The van der Waals surface area contributed by atoms with E-state index in [-0.39, 0.29) is 11.5 Å².